The molecule has 0 aliphatic carbocycles. The number of amides is 2. The summed E-state index contributed by atoms with van der Waals surface area (Å²) in [6.07, 6.45) is -1.25. The summed E-state index contributed by atoms with van der Waals surface area (Å²) in [6, 6.07) is 3.11. The van der Waals surface area contributed by atoms with Crippen LogP contribution in [-0.2, 0) is 4.79 Å². The van der Waals surface area contributed by atoms with Gasteiger partial charge in [-0.2, -0.15) is 0 Å². The van der Waals surface area contributed by atoms with Gasteiger partial charge in [0.2, 0.25) is 0 Å². The highest BCUT2D eigenvalue weighted by molar-refractivity contribution is 5.94. The van der Waals surface area contributed by atoms with Crippen LogP contribution in [0.15, 0.2) is 24.3 Å². The van der Waals surface area contributed by atoms with Gasteiger partial charge in [0.05, 0.1) is 6.10 Å². The van der Waals surface area contributed by atoms with E-state index in [1.165, 1.54) is 32.2 Å². The highest BCUT2D eigenvalue weighted by Crippen LogP contribution is 2.14. The first kappa shape index (κ1) is 14.9. The number of anilines is 1. The van der Waals surface area contributed by atoms with Gasteiger partial charge in [-0.15, -0.1) is 0 Å². The van der Waals surface area contributed by atoms with E-state index >= 15 is 0 Å². The molecule has 0 spiro atoms. The van der Waals surface area contributed by atoms with E-state index in [0.717, 1.165) is 11.0 Å². The Balaban J connectivity index is 2.80. The summed E-state index contributed by atoms with van der Waals surface area (Å²) >= 11 is 0. The number of urea groups is 1. The van der Waals surface area contributed by atoms with Crippen molar-refractivity contribution in [3.05, 3.63) is 30.1 Å². The van der Waals surface area contributed by atoms with E-state index in [9.17, 15) is 19.1 Å². The van der Waals surface area contributed by atoms with Crippen molar-refractivity contribution in [1.29, 1.82) is 0 Å². The number of carbonyl (C=O) groups excluding carboxylic acids is 1. The smallest absolute Gasteiger partial charge is 0.328 e. The molecule has 3 N–H and O–H groups in total. The Bertz CT molecular complexity index is 479. The zero-order valence-corrected chi connectivity index (χ0v) is 10.5. The lowest BCUT2D eigenvalue weighted by atomic mass is 10.2. The van der Waals surface area contributed by atoms with E-state index < -0.39 is 30.0 Å². The van der Waals surface area contributed by atoms with Crippen LogP contribution in [0.25, 0.3) is 0 Å². The number of hydrogen-bond donors (Lipinski definition) is 3. The first-order valence-corrected chi connectivity index (χ1v) is 5.53. The molecule has 0 heterocycles. The third-order valence-electron chi connectivity index (χ3n) is 2.53. The van der Waals surface area contributed by atoms with Crippen LogP contribution < -0.4 is 10.2 Å². The molecule has 0 unspecified atom stereocenters. The van der Waals surface area contributed by atoms with E-state index in [2.05, 4.69) is 5.32 Å². The molecule has 0 bridgehead atoms. The second-order valence-electron chi connectivity index (χ2n) is 4.04. The van der Waals surface area contributed by atoms with Crippen LogP contribution in [0, 0.1) is 5.82 Å². The summed E-state index contributed by atoms with van der Waals surface area (Å²) in [5.74, 6) is -1.86. The monoisotopic (exact) mass is 270 g/mol. The molecule has 1 rings (SSSR count). The molecule has 6 nitrogen and oxygen atoms in total. The van der Waals surface area contributed by atoms with Gasteiger partial charge in [-0.3, -0.25) is 4.90 Å². The van der Waals surface area contributed by atoms with Crippen LogP contribution >= 0.6 is 0 Å². The number of aliphatic carboxylic acids is 1. The van der Waals surface area contributed by atoms with Gasteiger partial charge in [0.25, 0.3) is 0 Å². The lowest BCUT2D eigenvalue weighted by molar-refractivity contribution is -0.141. The minimum absolute atomic E-state index is 0.271. The molecule has 0 aliphatic heterocycles. The molecule has 0 radical (unpaired) electrons. The molecule has 0 saturated carbocycles. The number of carbonyl (C=O) groups is 2. The number of nitrogens with one attached hydrogen (secondary N) is 1. The lowest BCUT2D eigenvalue weighted by Crippen LogP contribution is -2.51. The van der Waals surface area contributed by atoms with Gasteiger partial charge < -0.3 is 15.5 Å². The zero-order chi connectivity index (χ0) is 14.6. The maximum atomic E-state index is 13.0. The Morgan fingerprint density at radius 3 is 2.53 bits per heavy atom. The first-order valence-electron chi connectivity index (χ1n) is 5.53. The Hall–Kier alpha value is -2.15. The highest BCUT2D eigenvalue weighted by Gasteiger charge is 2.26. The molecule has 2 atom stereocenters. The quantitative estimate of drug-likeness (QED) is 0.755. The molecule has 1 aromatic carbocycles. The fourth-order valence-electron chi connectivity index (χ4n) is 1.42. The number of carboxylic acid groups (broad SMARTS) is 1. The molecule has 7 heteroatoms. The number of aliphatic hydroxyl groups is 1. The molecule has 0 aromatic heterocycles. The van der Waals surface area contributed by atoms with E-state index in [1.54, 1.807) is 0 Å². The van der Waals surface area contributed by atoms with Crippen LogP contribution in [-0.4, -0.2) is 41.4 Å². The van der Waals surface area contributed by atoms with Gasteiger partial charge in [0.15, 0.2) is 6.04 Å². The topological polar surface area (TPSA) is 89.9 Å². The van der Waals surface area contributed by atoms with Gasteiger partial charge >= 0.3 is 12.0 Å². The van der Waals surface area contributed by atoms with E-state index in [0.29, 0.717) is 0 Å². The van der Waals surface area contributed by atoms with Gasteiger partial charge in [-0.25, -0.2) is 14.0 Å². The van der Waals surface area contributed by atoms with Gasteiger partial charge in [-0.05, 0) is 25.1 Å². The predicted octanol–water partition coefficient (Wildman–Crippen LogP) is 0.805. The average molecular weight is 270 g/mol. The number of nitrogens with zero attached hydrogens (tertiary/aromatic N) is 1. The van der Waals surface area contributed by atoms with Crippen molar-refractivity contribution in [2.45, 2.75) is 19.1 Å². The number of benzene rings is 1. The summed E-state index contributed by atoms with van der Waals surface area (Å²) < 4.78 is 13.0. The second-order valence-corrected chi connectivity index (χ2v) is 4.04. The molecule has 104 valence electrons. The SMILES string of the molecule is C[C@@H](O)[C@H](NC(=O)N(C)c1cccc(F)c1)C(=O)O. The van der Waals surface area contributed by atoms with Crippen LogP contribution in [0.3, 0.4) is 0 Å². The van der Waals surface area contributed by atoms with Crippen molar-refractivity contribution < 1.29 is 24.2 Å². The summed E-state index contributed by atoms with van der Waals surface area (Å²) in [5.41, 5.74) is 0.271. The number of hydrogen-bond acceptors (Lipinski definition) is 3. The standard InChI is InChI=1S/C12H15FN2O4/c1-7(16)10(11(17)18)14-12(19)15(2)9-5-3-4-8(13)6-9/h3-7,10,16H,1-2H3,(H,14,19)(H,17,18)/t7-,10+/m1/s1. The van der Waals surface area contributed by atoms with Crippen molar-refractivity contribution in [3.8, 4) is 0 Å². The number of rotatable bonds is 4. The number of carboxylic acids is 1. The first-order chi connectivity index (χ1) is 8.82. The second kappa shape index (κ2) is 6.14. The fourth-order valence-corrected chi connectivity index (χ4v) is 1.42. The Morgan fingerprint density at radius 1 is 1.42 bits per heavy atom. The highest BCUT2D eigenvalue weighted by atomic mass is 19.1. The van der Waals surface area contributed by atoms with Crippen molar-refractivity contribution >= 4 is 17.7 Å². The summed E-state index contributed by atoms with van der Waals surface area (Å²) in [5, 5.41) is 20.2. The zero-order valence-electron chi connectivity index (χ0n) is 10.5. The van der Waals surface area contributed by atoms with E-state index in [-0.39, 0.29) is 5.69 Å². The van der Waals surface area contributed by atoms with Crippen molar-refractivity contribution in [1.82, 2.24) is 5.32 Å². The maximum absolute atomic E-state index is 13.0. The van der Waals surface area contributed by atoms with Gasteiger partial charge in [-0.1, -0.05) is 6.07 Å². The van der Waals surface area contributed by atoms with Gasteiger partial charge in [0, 0.05) is 12.7 Å². The fraction of sp³-hybridized carbons (Fsp3) is 0.333. The van der Waals surface area contributed by atoms with Crippen molar-refractivity contribution in [2.24, 2.45) is 0 Å². The molecule has 19 heavy (non-hydrogen) atoms. The number of halogens is 1. The van der Waals surface area contributed by atoms with Crippen LogP contribution in [0.1, 0.15) is 6.92 Å². The summed E-state index contributed by atoms with van der Waals surface area (Å²) in [4.78, 5) is 23.7. The van der Waals surface area contributed by atoms with E-state index in [1.807, 2.05) is 0 Å². The molecule has 0 fully saturated rings. The molecular weight excluding hydrogens is 255 g/mol. The minimum atomic E-state index is -1.43. The Kier molecular flexibility index (Phi) is 4.82. The molecular formula is C12H15FN2O4. The van der Waals surface area contributed by atoms with Crippen LogP contribution in [0.2, 0.25) is 0 Å². The van der Waals surface area contributed by atoms with E-state index in [4.69, 9.17) is 5.11 Å². The third kappa shape index (κ3) is 3.92. The predicted molar refractivity (Wildman–Crippen MR) is 66.4 cm³/mol. The third-order valence-corrected chi connectivity index (χ3v) is 2.53. The normalized spacial score (nSPS) is 13.5. The summed E-state index contributed by atoms with van der Waals surface area (Å²) in [6.45, 7) is 1.25. The summed E-state index contributed by atoms with van der Waals surface area (Å²) in [7, 11) is 1.37. The van der Waals surface area contributed by atoms with Crippen molar-refractivity contribution in [2.75, 3.05) is 11.9 Å². The maximum Gasteiger partial charge on any atom is 0.328 e. The minimum Gasteiger partial charge on any atom is -0.480 e. The largest absolute Gasteiger partial charge is 0.480 e. The Labute approximate surface area is 109 Å². The molecule has 2 amide bonds. The lowest BCUT2D eigenvalue weighted by Gasteiger charge is -2.22. The number of aliphatic hydroxyl groups excluding tert-OH is 1. The molecule has 0 saturated heterocycles. The molecule has 0 aliphatic rings. The molecule has 1 aromatic rings. The Morgan fingerprint density at radius 2 is 2.05 bits per heavy atom. The average Bonchev–Trinajstić information content (AvgIpc) is 2.33. The van der Waals surface area contributed by atoms with Gasteiger partial charge in [0.1, 0.15) is 5.82 Å². The van der Waals surface area contributed by atoms with Crippen LogP contribution in [0.4, 0.5) is 14.9 Å². The van der Waals surface area contributed by atoms with Crippen LogP contribution in [0.5, 0.6) is 0 Å². The van der Waals surface area contributed by atoms with Crippen molar-refractivity contribution in [3.63, 3.8) is 0 Å².